The van der Waals surface area contributed by atoms with Gasteiger partial charge in [-0.25, -0.2) is 9.48 Å². The minimum Gasteiger partial charge on any atom is -0.355 e. The van der Waals surface area contributed by atoms with Gasteiger partial charge in [-0.15, -0.1) is 0 Å². The van der Waals surface area contributed by atoms with Crippen molar-refractivity contribution in [3.63, 3.8) is 0 Å². The van der Waals surface area contributed by atoms with Gasteiger partial charge in [-0.1, -0.05) is 19.9 Å². The summed E-state index contributed by atoms with van der Waals surface area (Å²) < 4.78 is 3.29. The maximum Gasteiger partial charge on any atom is 0.346 e. The zero-order chi connectivity index (χ0) is 20.6. The number of aromatic nitrogens is 4. The number of likely N-dealkylation sites (N-methyl/N-ethyl adjacent to an activating group) is 1. The lowest BCUT2D eigenvalue weighted by Crippen LogP contribution is -2.35. The van der Waals surface area contributed by atoms with Gasteiger partial charge in [-0.3, -0.25) is 14.3 Å². The van der Waals surface area contributed by atoms with Crippen molar-refractivity contribution in [2.45, 2.75) is 52.6 Å². The molecule has 0 aromatic carbocycles. The van der Waals surface area contributed by atoms with E-state index in [1.54, 1.807) is 17.0 Å². The summed E-state index contributed by atoms with van der Waals surface area (Å²) in [5.41, 5.74) is 0.885. The monoisotopic (exact) mass is 400 g/mol. The van der Waals surface area contributed by atoms with Crippen LogP contribution in [0.1, 0.15) is 44.5 Å². The highest BCUT2D eigenvalue weighted by Crippen LogP contribution is 2.21. The summed E-state index contributed by atoms with van der Waals surface area (Å²) in [7, 11) is 0. The van der Waals surface area contributed by atoms with Gasteiger partial charge in [0.15, 0.2) is 0 Å². The van der Waals surface area contributed by atoms with E-state index in [0.29, 0.717) is 26.1 Å². The van der Waals surface area contributed by atoms with Crippen molar-refractivity contribution >= 4 is 5.91 Å². The number of carbonyl (C=O) groups excluding carboxylic acids is 1. The third-order valence-electron chi connectivity index (χ3n) is 5.71. The minimum absolute atomic E-state index is 0.0758. The van der Waals surface area contributed by atoms with Crippen LogP contribution in [0.25, 0.3) is 0 Å². The van der Waals surface area contributed by atoms with E-state index in [1.807, 2.05) is 12.1 Å². The van der Waals surface area contributed by atoms with Gasteiger partial charge in [0.1, 0.15) is 5.82 Å². The summed E-state index contributed by atoms with van der Waals surface area (Å²) >= 11 is 0. The summed E-state index contributed by atoms with van der Waals surface area (Å²) in [5.74, 6) is 1.22. The molecular formula is C21H32N6O2. The van der Waals surface area contributed by atoms with Crippen LogP contribution in [0.3, 0.4) is 0 Å². The van der Waals surface area contributed by atoms with E-state index in [1.165, 1.54) is 4.68 Å². The van der Waals surface area contributed by atoms with E-state index in [9.17, 15) is 9.59 Å². The van der Waals surface area contributed by atoms with Gasteiger partial charge in [0.25, 0.3) is 0 Å². The molecule has 1 N–H and O–H groups in total. The molecule has 0 bridgehead atoms. The highest BCUT2D eigenvalue weighted by atomic mass is 16.2. The van der Waals surface area contributed by atoms with Crippen LogP contribution in [-0.2, 0) is 24.3 Å². The van der Waals surface area contributed by atoms with Gasteiger partial charge in [0, 0.05) is 44.9 Å². The fourth-order valence-corrected chi connectivity index (χ4v) is 3.88. The van der Waals surface area contributed by atoms with Crippen molar-refractivity contribution < 1.29 is 4.79 Å². The lowest BCUT2D eigenvalue weighted by atomic mass is 9.96. The molecule has 0 spiro atoms. The maximum absolute atomic E-state index is 12.7. The zero-order valence-electron chi connectivity index (χ0n) is 17.5. The molecule has 29 heavy (non-hydrogen) atoms. The number of amides is 1. The normalized spacial score (nSPS) is 16.4. The molecule has 158 valence electrons. The van der Waals surface area contributed by atoms with Crippen molar-refractivity contribution in [3.8, 4) is 0 Å². The lowest BCUT2D eigenvalue weighted by Gasteiger charge is -2.19. The van der Waals surface area contributed by atoms with Crippen molar-refractivity contribution in [2.24, 2.45) is 5.92 Å². The number of fused-ring (bicyclic) bond motifs is 1. The SMILES string of the molecule is CCN(CC)CCNC(=O)CC1CCc2nn(Cc3cccnc3)c(=O)n2CC1. The Morgan fingerprint density at radius 1 is 1.31 bits per heavy atom. The average molecular weight is 401 g/mol. The van der Waals surface area contributed by atoms with Crippen LogP contribution in [0, 0.1) is 5.92 Å². The van der Waals surface area contributed by atoms with E-state index >= 15 is 0 Å². The third-order valence-corrected chi connectivity index (χ3v) is 5.71. The Morgan fingerprint density at radius 3 is 2.86 bits per heavy atom. The predicted octanol–water partition coefficient (Wildman–Crippen LogP) is 1.29. The second-order valence-electron chi connectivity index (χ2n) is 7.64. The molecule has 1 aliphatic heterocycles. The molecule has 8 nitrogen and oxygen atoms in total. The topological polar surface area (TPSA) is 85.1 Å². The molecule has 0 radical (unpaired) electrons. The quantitative estimate of drug-likeness (QED) is 0.686. The van der Waals surface area contributed by atoms with E-state index in [4.69, 9.17) is 0 Å². The summed E-state index contributed by atoms with van der Waals surface area (Å²) in [5, 5.41) is 7.58. The Balaban J connectivity index is 1.51. The highest BCUT2D eigenvalue weighted by Gasteiger charge is 2.22. The maximum atomic E-state index is 12.7. The standard InChI is InChI=1S/C21H32N6O2/c1-3-25(4-2)13-11-23-20(28)14-17-7-8-19-24-27(21(29)26(19)12-9-17)16-18-6-5-10-22-15-18/h5-6,10,15,17H,3-4,7-9,11-14,16H2,1-2H3,(H,23,28). The Morgan fingerprint density at radius 2 is 2.14 bits per heavy atom. The first-order valence-electron chi connectivity index (χ1n) is 10.6. The summed E-state index contributed by atoms with van der Waals surface area (Å²) in [6.07, 6.45) is 6.43. The largest absolute Gasteiger partial charge is 0.355 e. The molecule has 2 aromatic heterocycles. The molecular weight excluding hydrogens is 368 g/mol. The van der Waals surface area contributed by atoms with Crippen LogP contribution in [-0.4, -0.2) is 56.3 Å². The molecule has 1 amide bonds. The fraction of sp³-hybridized carbons (Fsp3) is 0.619. The Hall–Kier alpha value is -2.48. The number of hydrogen-bond donors (Lipinski definition) is 1. The van der Waals surface area contributed by atoms with Gasteiger partial charge in [0.2, 0.25) is 5.91 Å². The molecule has 1 atom stereocenters. The molecule has 1 aliphatic rings. The summed E-state index contributed by atoms with van der Waals surface area (Å²) in [6.45, 7) is 8.89. The first kappa shape index (κ1) is 21.2. The molecule has 3 rings (SSSR count). The van der Waals surface area contributed by atoms with Crippen molar-refractivity contribution in [3.05, 3.63) is 46.4 Å². The Labute approximate surface area is 171 Å². The molecule has 8 heteroatoms. The van der Waals surface area contributed by atoms with Crippen molar-refractivity contribution in [1.29, 1.82) is 0 Å². The van der Waals surface area contributed by atoms with Crippen molar-refractivity contribution in [1.82, 2.24) is 29.5 Å². The van der Waals surface area contributed by atoms with E-state index < -0.39 is 0 Å². The molecule has 0 fully saturated rings. The molecule has 0 saturated carbocycles. The number of carbonyl (C=O) groups is 1. The van der Waals surface area contributed by atoms with Crippen LogP contribution in [0.15, 0.2) is 29.3 Å². The third kappa shape index (κ3) is 5.76. The first-order chi connectivity index (χ1) is 14.1. The van der Waals surface area contributed by atoms with Crippen LogP contribution < -0.4 is 11.0 Å². The van der Waals surface area contributed by atoms with Crippen LogP contribution in [0.2, 0.25) is 0 Å². The number of nitrogens with one attached hydrogen (secondary N) is 1. The number of aryl methyl sites for hydroxylation is 1. The van der Waals surface area contributed by atoms with Crippen LogP contribution >= 0.6 is 0 Å². The Kier molecular flexibility index (Phi) is 7.57. The smallest absolute Gasteiger partial charge is 0.346 e. The highest BCUT2D eigenvalue weighted by molar-refractivity contribution is 5.76. The fourth-order valence-electron chi connectivity index (χ4n) is 3.88. The zero-order valence-corrected chi connectivity index (χ0v) is 17.5. The minimum atomic E-state index is -0.0758. The lowest BCUT2D eigenvalue weighted by molar-refractivity contribution is -0.122. The number of hydrogen-bond acceptors (Lipinski definition) is 5. The van der Waals surface area contributed by atoms with E-state index in [-0.39, 0.29) is 17.5 Å². The average Bonchev–Trinajstić information content (AvgIpc) is 2.89. The van der Waals surface area contributed by atoms with E-state index in [0.717, 1.165) is 50.3 Å². The summed E-state index contributed by atoms with van der Waals surface area (Å²) in [6, 6.07) is 3.80. The van der Waals surface area contributed by atoms with Gasteiger partial charge < -0.3 is 10.2 Å². The molecule has 1 unspecified atom stereocenters. The number of rotatable bonds is 9. The van der Waals surface area contributed by atoms with Gasteiger partial charge in [-0.05, 0) is 43.5 Å². The van der Waals surface area contributed by atoms with Crippen molar-refractivity contribution in [2.75, 3.05) is 26.2 Å². The Bertz CT molecular complexity index is 841. The van der Waals surface area contributed by atoms with E-state index in [2.05, 4.69) is 34.1 Å². The molecule has 0 aliphatic carbocycles. The second kappa shape index (κ2) is 10.3. The summed E-state index contributed by atoms with van der Waals surface area (Å²) in [4.78, 5) is 31.4. The number of nitrogens with zero attached hydrogens (tertiary/aromatic N) is 5. The van der Waals surface area contributed by atoms with Gasteiger partial charge in [-0.2, -0.15) is 5.10 Å². The molecule has 2 aromatic rings. The van der Waals surface area contributed by atoms with Crippen LogP contribution in [0.5, 0.6) is 0 Å². The second-order valence-corrected chi connectivity index (χ2v) is 7.64. The first-order valence-corrected chi connectivity index (χ1v) is 10.6. The van der Waals surface area contributed by atoms with Crippen LogP contribution in [0.4, 0.5) is 0 Å². The number of pyridine rings is 1. The van der Waals surface area contributed by atoms with Gasteiger partial charge in [0.05, 0.1) is 6.54 Å². The molecule has 3 heterocycles. The predicted molar refractivity (Wildman–Crippen MR) is 112 cm³/mol. The molecule has 0 saturated heterocycles. The van der Waals surface area contributed by atoms with Gasteiger partial charge >= 0.3 is 5.69 Å².